The average molecular weight is 314 g/mol. The Morgan fingerprint density at radius 2 is 2.14 bits per heavy atom. The Kier molecular flexibility index (Phi) is 5.92. The van der Waals surface area contributed by atoms with Crippen molar-refractivity contribution in [2.45, 2.75) is 0 Å². The van der Waals surface area contributed by atoms with E-state index in [9.17, 15) is 13.6 Å². The summed E-state index contributed by atoms with van der Waals surface area (Å²) in [5.41, 5.74) is 9.59. The van der Waals surface area contributed by atoms with Crippen molar-refractivity contribution < 1.29 is 13.6 Å². The molecule has 0 radical (unpaired) electrons. The van der Waals surface area contributed by atoms with Gasteiger partial charge in [0.2, 0.25) is 5.78 Å². The van der Waals surface area contributed by atoms with Crippen molar-refractivity contribution in [2.75, 3.05) is 6.54 Å². The van der Waals surface area contributed by atoms with Gasteiger partial charge in [-0.25, -0.2) is 4.39 Å². The number of carbonyl (C=O) groups is 1. The molecule has 0 aromatic heterocycles. The van der Waals surface area contributed by atoms with Crippen molar-refractivity contribution in [1.82, 2.24) is 5.32 Å². The molecule has 0 saturated carbocycles. The lowest BCUT2D eigenvalue weighted by Crippen LogP contribution is -2.19. The lowest BCUT2D eigenvalue weighted by molar-refractivity contribution is -0.112. The Labute approximate surface area is 125 Å². The van der Waals surface area contributed by atoms with Gasteiger partial charge in [0.15, 0.2) is 5.95 Å². The van der Waals surface area contributed by atoms with Gasteiger partial charge in [-0.05, 0) is 12.2 Å². The second-order valence-electron chi connectivity index (χ2n) is 3.95. The first-order valence-corrected chi connectivity index (χ1v) is 6.20. The Morgan fingerprint density at radius 1 is 1.48 bits per heavy atom. The molecule has 0 atom stereocenters. The summed E-state index contributed by atoms with van der Waals surface area (Å²) in [7, 11) is 0. The molecule has 0 bridgehead atoms. The molecule has 1 heterocycles. The molecule has 0 aromatic carbocycles. The molecule has 0 fully saturated rings. The molecule has 0 aromatic rings. The Morgan fingerprint density at radius 3 is 2.62 bits per heavy atom. The second kappa shape index (κ2) is 7.44. The highest BCUT2D eigenvalue weighted by molar-refractivity contribution is 6.30. The maximum Gasteiger partial charge on any atom is 0.202 e. The third-order valence-electron chi connectivity index (χ3n) is 2.53. The molecule has 0 aliphatic carbocycles. The Balaban J connectivity index is 3.26. The molecule has 112 valence electrons. The zero-order valence-corrected chi connectivity index (χ0v) is 11.8. The van der Waals surface area contributed by atoms with Crippen LogP contribution in [0.4, 0.5) is 8.78 Å². The normalized spacial score (nSPS) is 17.3. The van der Waals surface area contributed by atoms with Crippen LogP contribution in [-0.4, -0.2) is 12.3 Å². The topological polar surface area (TPSA) is 81.1 Å². The van der Waals surface area contributed by atoms with Crippen LogP contribution in [0.2, 0.25) is 0 Å². The van der Waals surface area contributed by atoms with Crippen molar-refractivity contribution in [3.63, 3.8) is 0 Å². The molecule has 7 heteroatoms. The largest absolute Gasteiger partial charge is 0.404 e. The molecule has 0 spiro atoms. The second-order valence-corrected chi connectivity index (χ2v) is 4.44. The van der Waals surface area contributed by atoms with Crippen molar-refractivity contribution in [2.24, 2.45) is 11.5 Å². The standard InChI is InChI=1S/C14H14ClF2N3O/c1-2-3-11(16)12(14(17)19)13(21)10(5-18)8-4-9(15)7-20-6-8/h2-6,20H,1,7,18-19H2/b10-5+,11-3+,14-12+. The predicted molar refractivity (Wildman–Crippen MR) is 79.0 cm³/mol. The van der Waals surface area contributed by atoms with E-state index in [0.29, 0.717) is 17.2 Å². The van der Waals surface area contributed by atoms with Gasteiger partial charge in [-0.3, -0.25) is 4.79 Å². The molecule has 5 N–H and O–H groups in total. The number of hydrogen-bond acceptors (Lipinski definition) is 4. The fraction of sp³-hybridized carbons (Fsp3) is 0.0714. The lowest BCUT2D eigenvalue weighted by Gasteiger charge is -2.14. The number of nitrogens with two attached hydrogens (primary N) is 2. The monoisotopic (exact) mass is 313 g/mol. The number of halogens is 3. The van der Waals surface area contributed by atoms with E-state index in [1.807, 2.05) is 0 Å². The highest BCUT2D eigenvalue weighted by atomic mass is 35.5. The molecule has 1 rings (SSSR count). The van der Waals surface area contributed by atoms with Crippen LogP contribution in [0.1, 0.15) is 0 Å². The van der Waals surface area contributed by atoms with Gasteiger partial charge in [-0.1, -0.05) is 24.3 Å². The van der Waals surface area contributed by atoms with Gasteiger partial charge in [0.1, 0.15) is 11.4 Å². The van der Waals surface area contributed by atoms with E-state index >= 15 is 0 Å². The van der Waals surface area contributed by atoms with Crippen molar-refractivity contribution in [3.8, 4) is 0 Å². The van der Waals surface area contributed by atoms with Crippen LogP contribution in [0.15, 0.2) is 70.7 Å². The summed E-state index contributed by atoms with van der Waals surface area (Å²) >= 11 is 5.84. The molecular formula is C14H14ClF2N3O. The fourth-order valence-electron chi connectivity index (χ4n) is 1.63. The number of rotatable bonds is 5. The number of hydrogen-bond donors (Lipinski definition) is 3. The third-order valence-corrected chi connectivity index (χ3v) is 2.77. The highest BCUT2D eigenvalue weighted by Gasteiger charge is 2.25. The summed E-state index contributed by atoms with van der Waals surface area (Å²) in [6.45, 7) is 3.65. The van der Waals surface area contributed by atoms with Crippen LogP contribution in [0, 0.1) is 0 Å². The van der Waals surface area contributed by atoms with E-state index in [0.717, 1.165) is 18.4 Å². The number of ketones is 1. The van der Waals surface area contributed by atoms with Crippen LogP contribution in [-0.2, 0) is 4.79 Å². The summed E-state index contributed by atoms with van der Waals surface area (Å²) in [6, 6.07) is 0. The van der Waals surface area contributed by atoms with Crippen molar-refractivity contribution in [1.29, 1.82) is 0 Å². The predicted octanol–water partition coefficient (Wildman–Crippen LogP) is 2.19. The quantitative estimate of drug-likeness (QED) is 0.413. The number of carbonyl (C=O) groups excluding carboxylic acids is 1. The smallest absolute Gasteiger partial charge is 0.202 e. The fourth-order valence-corrected chi connectivity index (χ4v) is 1.83. The third kappa shape index (κ3) is 4.06. The first kappa shape index (κ1) is 16.7. The van der Waals surface area contributed by atoms with E-state index in [2.05, 4.69) is 11.9 Å². The summed E-state index contributed by atoms with van der Waals surface area (Å²) in [5, 5.41) is 3.22. The maximum absolute atomic E-state index is 13.8. The van der Waals surface area contributed by atoms with Crippen LogP contribution in [0.25, 0.3) is 0 Å². The van der Waals surface area contributed by atoms with Crippen molar-refractivity contribution in [3.05, 3.63) is 70.7 Å². The van der Waals surface area contributed by atoms with E-state index < -0.39 is 23.1 Å². The molecule has 1 aliphatic heterocycles. The van der Waals surface area contributed by atoms with Gasteiger partial charge in [-0.15, -0.1) is 0 Å². The zero-order chi connectivity index (χ0) is 16.0. The summed E-state index contributed by atoms with van der Waals surface area (Å²) in [5.74, 6) is -3.59. The molecule has 0 saturated heterocycles. The SMILES string of the molecule is C=C/C=C(F)\C(C(=O)/C(=C/N)C1=CNCC(Cl)=C1)=C(/N)F. The summed E-state index contributed by atoms with van der Waals surface area (Å²) in [4.78, 5) is 12.3. The van der Waals surface area contributed by atoms with Gasteiger partial charge < -0.3 is 16.8 Å². The zero-order valence-electron chi connectivity index (χ0n) is 11.0. The average Bonchev–Trinajstić information content (AvgIpc) is 2.39. The van der Waals surface area contributed by atoms with Crippen LogP contribution >= 0.6 is 11.6 Å². The van der Waals surface area contributed by atoms with Crippen molar-refractivity contribution >= 4 is 17.4 Å². The van der Waals surface area contributed by atoms with E-state index in [1.165, 1.54) is 12.3 Å². The van der Waals surface area contributed by atoms with E-state index in [1.54, 1.807) is 0 Å². The van der Waals surface area contributed by atoms with Crippen LogP contribution < -0.4 is 16.8 Å². The molecule has 1 aliphatic rings. The van der Waals surface area contributed by atoms with Gasteiger partial charge in [0.25, 0.3) is 0 Å². The number of allylic oxidation sites excluding steroid dienone is 7. The van der Waals surface area contributed by atoms with E-state index in [-0.39, 0.29) is 5.57 Å². The Bertz CT molecular complexity index is 612. The van der Waals surface area contributed by atoms with Crippen LogP contribution in [0.5, 0.6) is 0 Å². The summed E-state index contributed by atoms with van der Waals surface area (Å²) in [6.07, 6.45) is 5.76. The van der Waals surface area contributed by atoms with Gasteiger partial charge in [0, 0.05) is 28.6 Å². The molecule has 21 heavy (non-hydrogen) atoms. The van der Waals surface area contributed by atoms with Gasteiger partial charge >= 0.3 is 0 Å². The number of nitrogens with one attached hydrogen (secondary N) is 1. The minimum absolute atomic E-state index is 0.136. The maximum atomic E-state index is 13.8. The van der Waals surface area contributed by atoms with Gasteiger partial charge in [0.05, 0.1) is 6.54 Å². The van der Waals surface area contributed by atoms with E-state index in [4.69, 9.17) is 23.1 Å². The molecule has 0 amide bonds. The highest BCUT2D eigenvalue weighted by Crippen LogP contribution is 2.25. The van der Waals surface area contributed by atoms with Crippen LogP contribution in [0.3, 0.4) is 0 Å². The number of Topliss-reactive ketones (excluding diaryl/α,β-unsaturated/α-hetero) is 1. The summed E-state index contributed by atoms with van der Waals surface area (Å²) < 4.78 is 27.1. The number of dihydropyridines is 1. The van der Waals surface area contributed by atoms with Gasteiger partial charge in [-0.2, -0.15) is 4.39 Å². The minimum Gasteiger partial charge on any atom is -0.404 e. The minimum atomic E-state index is -1.45. The first-order valence-electron chi connectivity index (χ1n) is 5.82. The Hall–Kier alpha value is -2.34. The molecule has 4 nitrogen and oxygen atoms in total. The first-order chi connectivity index (χ1) is 9.92. The molecular weight excluding hydrogens is 300 g/mol. The lowest BCUT2D eigenvalue weighted by atomic mass is 9.96. The molecule has 0 unspecified atom stereocenters.